The van der Waals surface area contributed by atoms with Gasteiger partial charge in [0.05, 0.1) is 12.2 Å². The summed E-state index contributed by atoms with van der Waals surface area (Å²) in [5, 5.41) is 2.78. The molecule has 0 unspecified atom stereocenters. The molecule has 0 saturated heterocycles. The number of furan rings is 1. The fourth-order valence-electron chi connectivity index (χ4n) is 2.36. The van der Waals surface area contributed by atoms with Crippen LogP contribution in [-0.2, 0) is 9.53 Å². The smallest absolute Gasteiger partial charge is 0.257 e. The maximum atomic E-state index is 12.8. The van der Waals surface area contributed by atoms with Crippen LogP contribution in [-0.4, -0.2) is 50.1 Å². The van der Waals surface area contributed by atoms with E-state index in [0.717, 1.165) is 12.2 Å². The number of hydrogen-bond acceptors (Lipinski definition) is 4. The summed E-state index contributed by atoms with van der Waals surface area (Å²) in [5.74, 6) is 1.68. The van der Waals surface area contributed by atoms with Gasteiger partial charge < -0.3 is 19.4 Å². The van der Waals surface area contributed by atoms with Gasteiger partial charge in [-0.15, -0.1) is 0 Å². The average molecular weight is 338 g/mol. The van der Waals surface area contributed by atoms with E-state index in [9.17, 15) is 9.59 Å². The maximum absolute atomic E-state index is 12.8. The van der Waals surface area contributed by atoms with Gasteiger partial charge in [0.2, 0.25) is 5.91 Å². The van der Waals surface area contributed by atoms with Crippen LogP contribution in [0.5, 0.6) is 0 Å². The molecule has 1 heterocycles. The van der Waals surface area contributed by atoms with Gasteiger partial charge in [-0.2, -0.15) is 0 Å². The van der Waals surface area contributed by atoms with E-state index in [0.29, 0.717) is 43.5 Å². The summed E-state index contributed by atoms with van der Waals surface area (Å²) in [6, 6.07) is 1.76. The van der Waals surface area contributed by atoms with E-state index in [1.165, 1.54) is 0 Å². The van der Waals surface area contributed by atoms with Crippen LogP contribution in [0.2, 0.25) is 0 Å². The van der Waals surface area contributed by atoms with Crippen LogP contribution < -0.4 is 5.32 Å². The third kappa shape index (κ3) is 6.74. The van der Waals surface area contributed by atoms with E-state index in [4.69, 9.17) is 9.15 Å². The number of carbonyl (C=O) groups is 2. The van der Waals surface area contributed by atoms with Gasteiger partial charge in [-0.1, -0.05) is 13.8 Å². The van der Waals surface area contributed by atoms with Gasteiger partial charge in [-0.3, -0.25) is 9.59 Å². The van der Waals surface area contributed by atoms with E-state index >= 15 is 0 Å². The van der Waals surface area contributed by atoms with Crippen molar-refractivity contribution in [2.24, 2.45) is 5.92 Å². The Balaban J connectivity index is 2.67. The fraction of sp³-hybridized carbons (Fsp3) is 0.667. The molecule has 0 aliphatic rings. The molecule has 136 valence electrons. The molecular weight excluding hydrogens is 308 g/mol. The van der Waals surface area contributed by atoms with E-state index in [-0.39, 0.29) is 18.2 Å². The lowest BCUT2D eigenvalue weighted by Gasteiger charge is -2.23. The Labute approximate surface area is 144 Å². The summed E-state index contributed by atoms with van der Waals surface area (Å²) in [4.78, 5) is 26.4. The van der Waals surface area contributed by atoms with Crippen molar-refractivity contribution in [1.29, 1.82) is 0 Å². The molecule has 24 heavy (non-hydrogen) atoms. The van der Waals surface area contributed by atoms with Crippen molar-refractivity contribution in [2.75, 3.05) is 33.4 Å². The number of methoxy groups -OCH3 is 1. The highest BCUT2D eigenvalue weighted by atomic mass is 16.5. The van der Waals surface area contributed by atoms with Crippen LogP contribution in [0.3, 0.4) is 0 Å². The van der Waals surface area contributed by atoms with Crippen LogP contribution >= 0.6 is 0 Å². The van der Waals surface area contributed by atoms with Crippen molar-refractivity contribution in [3.8, 4) is 0 Å². The molecule has 6 heteroatoms. The number of ether oxygens (including phenoxy) is 1. The first kappa shape index (κ1) is 20.2. The van der Waals surface area contributed by atoms with Gasteiger partial charge >= 0.3 is 0 Å². The summed E-state index contributed by atoms with van der Waals surface area (Å²) in [7, 11) is 1.59. The summed E-state index contributed by atoms with van der Waals surface area (Å²) < 4.78 is 10.4. The lowest BCUT2D eigenvalue weighted by Crippen LogP contribution is -2.37. The van der Waals surface area contributed by atoms with E-state index in [2.05, 4.69) is 19.2 Å². The van der Waals surface area contributed by atoms with E-state index in [1.54, 1.807) is 25.0 Å². The molecule has 0 saturated carbocycles. The zero-order chi connectivity index (χ0) is 18.1. The molecular formula is C18H30N2O4. The van der Waals surface area contributed by atoms with Crippen molar-refractivity contribution in [1.82, 2.24) is 10.2 Å². The van der Waals surface area contributed by atoms with E-state index in [1.807, 2.05) is 6.92 Å². The van der Waals surface area contributed by atoms with Gasteiger partial charge in [0.1, 0.15) is 11.5 Å². The lowest BCUT2D eigenvalue weighted by molar-refractivity contribution is -0.121. The summed E-state index contributed by atoms with van der Waals surface area (Å²) >= 11 is 0. The predicted octanol–water partition coefficient (Wildman–Crippen LogP) is 2.54. The molecule has 6 nitrogen and oxygen atoms in total. The minimum absolute atomic E-state index is 0.0744. The Hall–Kier alpha value is -1.82. The molecule has 2 amide bonds. The first-order chi connectivity index (χ1) is 11.3. The standard InChI is InChI=1S/C18H30N2O4/c1-13(2)6-9-20(10-7-17(21)19-8-11-23-5)18(22)16-12-14(3)24-15(16)4/h12-13H,6-11H2,1-5H3,(H,19,21). The van der Waals surface area contributed by atoms with Crippen molar-refractivity contribution < 1.29 is 18.7 Å². The molecule has 1 N–H and O–H groups in total. The Morgan fingerprint density at radius 3 is 2.54 bits per heavy atom. The average Bonchev–Trinajstić information content (AvgIpc) is 2.85. The Kier molecular flexibility index (Phi) is 8.54. The number of rotatable bonds is 10. The minimum atomic E-state index is -0.0745. The molecule has 1 aromatic heterocycles. The summed E-state index contributed by atoms with van der Waals surface area (Å²) in [5.41, 5.74) is 0.580. The second-order valence-electron chi connectivity index (χ2n) is 6.39. The predicted molar refractivity (Wildman–Crippen MR) is 93.0 cm³/mol. The van der Waals surface area contributed by atoms with Crippen molar-refractivity contribution >= 4 is 11.8 Å². The summed E-state index contributed by atoms with van der Waals surface area (Å²) in [6.07, 6.45) is 1.18. The monoisotopic (exact) mass is 338 g/mol. The lowest BCUT2D eigenvalue weighted by atomic mass is 10.1. The number of carbonyl (C=O) groups excluding carboxylic acids is 2. The van der Waals surface area contributed by atoms with Gasteiger partial charge in [0, 0.05) is 33.2 Å². The molecule has 1 rings (SSSR count). The first-order valence-corrected chi connectivity index (χ1v) is 8.47. The zero-order valence-corrected chi connectivity index (χ0v) is 15.5. The number of amides is 2. The van der Waals surface area contributed by atoms with Crippen LogP contribution in [0.15, 0.2) is 10.5 Å². The largest absolute Gasteiger partial charge is 0.466 e. The fourth-order valence-corrected chi connectivity index (χ4v) is 2.36. The molecule has 0 atom stereocenters. The summed E-state index contributed by atoms with van der Waals surface area (Å²) in [6.45, 7) is 9.84. The quantitative estimate of drug-likeness (QED) is 0.666. The van der Waals surface area contributed by atoms with Gasteiger partial charge in [-0.05, 0) is 32.3 Å². The van der Waals surface area contributed by atoms with Crippen LogP contribution in [0, 0.1) is 19.8 Å². The highest BCUT2D eigenvalue weighted by Gasteiger charge is 2.21. The normalized spacial score (nSPS) is 10.9. The molecule has 0 bridgehead atoms. The Morgan fingerprint density at radius 1 is 1.29 bits per heavy atom. The molecule has 0 aromatic carbocycles. The highest BCUT2D eigenvalue weighted by Crippen LogP contribution is 2.17. The molecule has 0 aliphatic heterocycles. The van der Waals surface area contributed by atoms with Crippen molar-refractivity contribution in [3.05, 3.63) is 23.2 Å². The maximum Gasteiger partial charge on any atom is 0.257 e. The molecule has 0 fully saturated rings. The van der Waals surface area contributed by atoms with Crippen molar-refractivity contribution in [2.45, 2.75) is 40.5 Å². The zero-order valence-electron chi connectivity index (χ0n) is 15.5. The SMILES string of the molecule is COCCNC(=O)CCN(CCC(C)C)C(=O)c1cc(C)oc1C. The van der Waals surface area contributed by atoms with Crippen molar-refractivity contribution in [3.63, 3.8) is 0 Å². The third-order valence-corrected chi connectivity index (χ3v) is 3.77. The topological polar surface area (TPSA) is 71.8 Å². The van der Waals surface area contributed by atoms with Crippen LogP contribution in [0.4, 0.5) is 0 Å². The Bertz CT molecular complexity index is 537. The third-order valence-electron chi connectivity index (χ3n) is 3.77. The molecule has 0 aliphatic carbocycles. The number of nitrogens with one attached hydrogen (secondary N) is 1. The first-order valence-electron chi connectivity index (χ1n) is 8.47. The van der Waals surface area contributed by atoms with Gasteiger partial charge in [-0.25, -0.2) is 0 Å². The number of hydrogen-bond donors (Lipinski definition) is 1. The second kappa shape index (κ2) is 10.1. The molecule has 0 radical (unpaired) electrons. The van der Waals surface area contributed by atoms with Gasteiger partial charge in [0.15, 0.2) is 0 Å². The number of nitrogens with zero attached hydrogens (tertiary/aromatic N) is 1. The van der Waals surface area contributed by atoms with Crippen LogP contribution in [0.1, 0.15) is 48.6 Å². The number of aryl methyl sites for hydroxylation is 2. The Morgan fingerprint density at radius 2 is 2.00 bits per heavy atom. The van der Waals surface area contributed by atoms with E-state index < -0.39 is 0 Å². The van der Waals surface area contributed by atoms with Gasteiger partial charge in [0.25, 0.3) is 5.91 Å². The molecule has 0 spiro atoms. The molecule has 1 aromatic rings. The van der Waals surface area contributed by atoms with Crippen LogP contribution in [0.25, 0.3) is 0 Å². The second-order valence-corrected chi connectivity index (χ2v) is 6.39. The highest BCUT2D eigenvalue weighted by molar-refractivity contribution is 5.95. The minimum Gasteiger partial charge on any atom is -0.466 e.